The van der Waals surface area contributed by atoms with E-state index < -0.39 is 10.0 Å². The van der Waals surface area contributed by atoms with Crippen LogP contribution in [0.4, 0.5) is 11.5 Å². The largest absolute Gasteiger partial charge is 0.507 e. The average Bonchev–Trinajstić information content (AvgIpc) is 2.67. The molecule has 0 aliphatic rings. The van der Waals surface area contributed by atoms with Gasteiger partial charge in [-0.3, -0.25) is 9.71 Å². The van der Waals surface area contributed by atoms with Gasteiger partial charge >= 0.3 is 0 Å². The first-order valence-corrected chi connectivity index (χ1v) is 9.27. The third-order valence-electron chi connectivity index (χ3n) is 3.53. The molecule has 0 spiro atoms. The van der Waals surface area contributed by atoms with Crippen molar-refractivity contribution >= 4 is 27.7 Å². The van der Waals surface area contributed by atoms with Gasteiger partial charge < -0.3 is 9.84 Å². The normalized spacial score (nSPS) is 11.4. The molecule has 0 aliphatic carbocycles. The number of benzene rings is 2. The lowest BCUT2D eigenvalue weighted by atomic mass is 10.2. The van der Waals surface area contributed by atoms with Crippen LogP contribution in [0, 0.1) is 0 Å². The number of phenolic OH excluding ortho intramolecular Hbond substituents is 1. The Balaban J connectivity index is 1.76. The Morgan fingerprint density at radius 3 is 2.56 bits per heavy atom. The zero-order valence-corrected chi connectivity index (χ0v) is 15.1. The summed E-state index contributed by atoms with van der Waals surface area (Å²) in [5.41, 5.74) is 1.11. The summed E-state index contributed by atoms with van der Waals surface area (Å²) >= 11 is 0. The molecule has 0 aliphatic heterocycles. The maximum atomic E-state index is 12.5. The summed E-state index contributed by atoms with van der Waals surface area (Å²) in [5, 5.41) is 9.72. The van der Waals surface area contributed by atoms with Crippen LogP contribution in [0.1, 0.15) is 5.56 Å². The van der Waals surface area contributed by atoms with Crippen molar-refractivity contribution in [1.29, 1.82) is 0 Å². The molecule has 0 bridgehead atoms. The number of aliphatic imine (C=N–C) groups is 1. The van der Waals surface area contributed by atoms with E-state index in [1.807, 2.05) is 0 Å². The fourth-order valence-electron chi connectivity index (χ4n) is 2.16. The van der Waals surface area contributed by atoms with E-state index in [4.69, 9.17) is 4.74 Å². The molecular formula is C18H16N4O4S. The summed E-state index contributed by atoms with van der Waals surface area (Å²) in [6.07, 6.45) is 2.71. The van der Waals surface area contributed by atoms with Crippen LogP contribution in [0.15, 0.2) is 70.8 Å². The highest BCUT2D eigenvalue weighted by atomic mass is 32.2. The van der Waals surface area contributed by atoms with Crippen molar-refractivity contribution < 1.29 is 18.3 Å². The van der Waals surface area contributed by atoms with E-state index in [0.29, 0.717) is 11.3 Å². The highest BCUT2D eigenvalue weighted by Crippen LogP contribution is 2.21. The quantitative estimate of drug-likeness (QED) is 0.632. The predicted molar refractivity (Wildman–Crippen MR) is 101 cm³/mol. The Kier molecular flexibility index (Phi) is 5.32. The predicted octanol–water partition coefficient (Wildman–Crippen LogP) is 2.74. The number of anilines is 1. The number of aromatic hydroxyl groups is 1. The van der Waals surface area contributed by atoms with Gasteiger partial charge in [0.15, 0.2) is 0 Å². The number of sulfonamides is 1. The van der Waals surface area contributed by atoms with Gasteiger partial charge in [-0.2, -0.15) is 0 Å². The molecule has 0 fully saturated rings. The van der Waals surface area contributed by atoms with E-state index in [9.17, 15) is 13.5 Å². The molecule has 3 aromatic rings. The van der Waals surface area contributed by atoms with Gasteiger partial charge in [0.25, 0.3) is 10.0 Å². The number of aromatic nitrogens is 2. The van der Waals surface area contributed by atoms with E-state index in [0.717, 1.165) is 0 Å². The summed E-state index contributed by atoms with van der Waals surface area (Å²) in [6.45, 7) is 0. The number of nitrogens with zero attached hydrogens (tertiary/aromatic N) is 3. The number of hydrogen-bond donors (Lipinski definition) is 2. The summed E-state index contributed by atoms with van der Waals surface area (Å²) < 4.78 is 32.2. The van der Waals surface area contributed by atoms with Gasteiger partial charge in [0.05, 0.1) is 17.7 Å². The monoisotopic (exact) mass is 384 g/mol. The fourth-order valence-corrected chi connectivity index (χ4v) is 3.15. The molecule has 2 N–H and O–H groups in total. The molecule has 0 saturated carbocycles. The fraction of sp³-hybridized carbons (Fsp3) is 0.0556. The standard InChI is InChI=1S/C18H16N4O4S/c1-26-18-10-17(20-12-21-18)22-27(24,25)15-8-6-14(7-9-15)19-11-13-4-2-3-5-16(13)23/h2-12,23H,1H3,(H,20,21,22). The zero-order valence-electron chi connectivity index (χ0n) is 14.3. The molecule has 3 rings (SSSR count). The summed E-state index contributed by atoms with van der Waals surface area (Å²) in [4.78, 5) is 12.0. The molecule has 0 radical (unpaired) electrons. The third kappa shape index (κ3) is 4.59. The molecule has 1 aromatic heterocycles. The molecule has 2 aromatic carbocycles. The van der Waals surface area contributed by atoms with E-state index >= 15 is 0 Å². The van der Waals surface area contributed by atoms with Gasteiger partial charge in [0.2, 0.25) is 5.88 Å². The summed E-state index contributed by atoms with van der Waals surface area (Å²) in [7, 11) is -2.39. The second kappa shape index (κ2) is 7.83. The van der Waals surface area contributed by atoms with Crippen LogP contribution in [0.2, 0.25) is 0 Å². The second-order valence-corrected chi connectivity index (χ2v) is 7.04. The van der Waals surface area contributed by atoms with Crippen LogP contribution in [-0.4, -0.2) is 36.8 Å². The molecule has 0 amide bonds. The van der Waals surface area contributed by atoms with Gasteiger partial charge in [0, 0.05) is 17.8 Å². The van der Waals surface area contributed by atoms with Crippen LogP contribution < -0.4 is 9.46 Å². The number of nitrogens with one attached hydrogen (secondary N) is 1. The molecule has 0 unspecified atom stereocenters. The topological polar surface area (TPSA) is 114 Å². The Bertz CT molecular complexity index is 1070. The van der Waals surface area contributed by atoms with Crippen LogP contribution in [0.25, 0.3) is 0 Å². The minimum Gasteiger partial charge on any atom is -0.507 e. The maximum absolute atomic E-state index is 12.5. The van der Waals surface area contributed by atoms with E-state index in [2.05, 4.69) is 19.7 Å². The molecule has 0 atom stereocenters. The first-order valence-electron chi connectivity index (χ1n) is 7.79. The van der Waals surface area contributed by atoms with Crippen molar-refractivity contribution in [3.8, 4) is 11.6 Å². The number of phenols is 1. The Morgan fingerprint density at radius 1 is 1.11 bits per heavy atom. The van der Waals surface area contributed by atoms with E-state index in [1.165, 1.54) is 37.9 Å². The van der Waals surface area contributed by atoms with Gasteiger partial charge in [-0.05, 0) is 36.4 Å². The minimum absolute atomic E-state index is 0.0570. The van der Waals surface area contributed by atoms with Crippen molar-refractivity contribution in [2.24, 2.45) is 4.99 Å². The highest BCUT2D eigenvalue weighted by molar-refractivity contribution is 7.92. The number of hydrogen-bond acceptors (Lipinski definition) is 7. The number of rotatable bonds is 6. The molecule has 138 valence electrons. The van der Waals surface area contributed by atoms with Crippen molar-refractivity contribution in [2.75, 3.05) is 11.8 Å². The Hall–Kier alpha value is -3.46. The van der Waals surface area contributed by atoms with Crippen molar-refractivity contribution in [3.05, 3.63) is 66.5 Å². The number of para-hydroxylation sites is 1. The lowest BCUT2D eigenvalue weighted by Gasteiger charge is -2.08. The SMILES string of the molecule is COc1cc(NS(=O)(=O)c2ccc(N=Cc3ccccc3O)cc2)ncn1. The lowest BCUT2D eigenvalue weighted by Crippen LogP contribution is -2.14. The molecule has 1 heterocycles. The summed E-state index contributed by atoms with van der Waals surface area (Å²) in [5.74, 6) is 0.463. The van der Waals surface area contributed by atoms with E-state index in [1.54, 1.807) is 36.4 Å². The number of ether oxygens (including phenoxy) is 1. The van der Waals surface area contributed by atoms with Crippen molar-refractivity contribution in [2.45, 2.75) is 4.90 Å². The smallest absolute Gasteiger partial charge is 0.263 e. The third-order valence-corrected chi connectivity index (χ3v) is 4.90. The number of methoxy groups -OCH3 is 1. The summed E-state index contributed by atoms with van der Waals surface area (Å²) in [6, 6.07) is 14.1. The Labute approximate surface area is 156 Å². The molecule has 0 saturated heterocycles. The maximum Gasteiger partial charge on any atom is 0.263 e. The van der Waals surface area contributed by atoms with Gasteiger partial charge in [-0.15, -0.1) is 0 Å². The lowest BCUT2D eigenvalue weighted by molar-refractivity contribution is 0.397. The minimum atomic E-state index is -3.82. The Morgan fingerprint density at radius 2 is 1.85 bits per heavy atom. The van der Waals surface area contributed by atoms with E-state index in [-0.39, 0.29) is 22.3 Å². The van der Waals surface area contributed by atoms with Crippen LogP contribution in [-0.2, 0) is 10.0 Å². The second-order valence-electron chi connectivity index (χ2n) is 5.36. The molecule has 9 heteroatoms. The van der Waals surface area contributed by atoms with Crippen LogP contribution >= 0.6 is 0 Å². The van der Waals surface area contributed by atoms with Gasteiger partial charge in [0.1, 0.15) is 17.9 Å². The van der Waals surface area contributed by atoms with Gasteiger partial charge in [-0.1, -0.05) is 12.1 Å². The first kappa shape index (κ1) is 18.3. The zero-order chi connectivity index (χ0) is 19.3. The van der Waals surface area contributed by atoms with Gasteiger partial charge in [-0.25, -0.2) is 18.4 Å². The highest BCUT2D eigenvalue weighted by Gasteiger charge is 2.15. The van der Waals surface area contributed by atoms with Crippen molar-refractivity contribution in [1.82, 2.24) is 9.97 Å². The molecule has 27 heavy (non-hydrogen) atoms. The first-order chi connectivity index (χ1) is 13.0. The molecular weight excluding hydrogens is 368 g/mol. The average molecular weight is 384 g/mol. The molecule has 8 nitrogen and oxygen atoms in total. The van der Waals surface area contributed by atoms with Crippen LogP contribution in [0.3, 0.4) is 0 Å². The van der Waals surface area contributed by atoms with Crippen molar-refractivity contribution in [3.63, 3.8) is 0 Å². The van der Waals surface area contributed by atoms with Crippen LogP contribution in [0.5, 0.6) is 11.6 Å².